The Morgan fingerprint density at radius 1 is 1.25 bits per heavy atom. The quantitative estimate of drug-likeness (QED) is 0.901. The highest BCUT2D eigenvalue weighted by molar-refractivity contribution is 5.25. The van der Waals surface area contributed by atoms with Crippen LogP contribution in [0, 0.1) is 11.2 Å². The molecule has 2 aliphatic rings. The Morgan fingerprint density at radius 2 is 2.00 bits per heavy atom. The van der Waals surface area contributed by atoms with Gasteiger partial charge < -0.3 is 10.1 Å². The van der Waals surface area contributed by atoms with Crippen molar-refractivity contribution in [1.29, 1.82) is 0 Å². The van der Waals surface area contributed by atoms with E-state index in [1.165, 1.54) is 38.2 Å². The van der Waals surface area contributed by atoms with Crippen molar-refractivity contribution in [2.24, 2.45) is 5.41 Å². The van der Waals surface area contributed by atoms with Crippen molar-refractivity contribution >= 4 is 0 Å². The van der Waals surface area contributed by atoms with Crippen molar-refractivity contribution in [3.8, 4) is 5.75 Å². The summed E-state index contributed by atoms with van der Waals surface area (Å²) >= 11 is 0. The van der Waals surface area contributed by atoms with Crippen molar-refractivity contribution in [2.45, 2.75) is 57.6 Å². The zero-order valence-electron chi connectivity index (χ0n) is 12.2. The lowest BCUT2D eigenvalue weighted by molar-refractivity contribution is -0.103. The lowest BCUT2D eigenvalue weighted by Crippen LogP contribution is -2.65. The smallest absolute Gasteiger partial charge is 0.165 e. The topological polar surface area (TPSA) is 21.3 Å². The Kier molecular flexibility index (Phi) is 3.97. The molecule has 3 rings (SSSR count). The zero-order chi connectivity index (χ0) is 14.0. The van der Waals surface area contributed by atoms with Gasteiger partial charge >= 0.3 is 0 Å². The number of rotatable bonds is 4. The van der Waals surface area contributed by atoms with Gasteiger partial charge in [0.15, 0.2) is 11.6 Å². The average Bonchev–Trinajstić information content (AvgIpc) is 2.49. The highest BCUT2D eigenvalue weighted by Crippen LogP contribution is 2.53. The third-order valence-electron chi connectivity index (χ3n) is 5.13. The summed E-state index contributed by atoms with van der Waals surface area (Å²) in [5.74, 6) is 0.169. The van der Waals surface area contributed by atoms with E-state index in [2.05, 4.69) is 12.2 Å². The Balaban J connectivity index is 1.75. The molecule has 0 radical (unpaired) electrons. The third kappa shape index (κ3) is 2.32. The lowest BCUT2D eigenvalue weighted by Gasteiger charge is -2.57. The normalized spacial score (nSPS) is 28.1. The molecule has 0 bridgehead atoms. The monoisotopic (exact) mass is 277 g/mol. The fourth-order valence-corrected chi connectivity index (χ4v) is 4.02. The minimum atomic E-state index is -0.245. The van der Waals surface area contributed by atoms with E-state index in [1.807, 2.05) is 6.07 Å². The van der Waals surface area contributed by atoms with Crippen LogP contribution in [0.5, 0.6) is 5.75 Å². The first-order valence-electron chi connectivity index (χ1n) is 7.91. The van der Waals surface area contributed by atoms with Gasteiger partial charge in [-0.05, 0) is 31.5 Å². The molecule has 1 aromatic rings. The van der Waals surface area contributed by atoms with Gasteiger partial charge in [-0.3, -0.25) is 0 Å². The molecule has 3 heteroatoms. The van der Waals surface area contributed by atoms with E-state index in [1.54, 1.807) is 12.1 Å². The first-order valence-corrected chi connectivity index (χ1v) is 7.91. The first kappa shape index (κ1) is 13.9. The Bertz CT molecular complexity index is 456. The molecule has 2 atom stereocenters. The second-order valence-corrected chi connectivity index (χ2v) is 6.18. The van der Waals surface area contributed by atoms with E-state index in [9.17, 15) is 4.39 Å². The Hall–Kier alpha value is -1.09. The van der Waals surface area contributed by atoms with Crippen LogP contribution in [0.4, 0.5) is 4.39 Å². The summed E-state index contributed by atoms with van der Waals surface area (Å²) in [6.07, 6.45) is 7.48. The summed E-state index contributed by atoms with van der Waals surface area (Å²) in [5.41, 5.74) is 0.233. The first-order chi connectivity index (χ1) is 9.76. The molecule has 2 unspecified atom stereocenters. The molecular formula is C17H24FNO. The SMILES string of the molecule is CCNC1CC(Oc2ccccc2F)C12CCCCC2. The van der Waals surface area contributed by atoms with Crippen molar-refractivity contribution in [2.75, 3.05) is 6.54 Å². The zero-order valence-corrected chi connectivity index (χ0v) is 12.2. The van der Waals surface area contributed by atoms with Gasteiger partial charge in [-0.2, -0.15) is 0 Å². The van der Waals surface area contributed by atoms with Crippen LogP contribution in [-0.2, 0) is 0 Å². The standard InChI is InChI=1S/C17H24FNO/c1-2-19-15-12-16(17(15)10-6-3-7-11-17)20-14-9-5-4-8-13(14)18/h4-5,8-9,15-16,19H,2-3,6-7,10-12H2,1H3. The molecule has 0 heterocycles. The van der Waals surface area contributed by atoms with Crippen molar-refractivity contribution < 1.29 is 9.13 Å². The van der Waals surface area contributed by atoms with Gasteiger partial charge in [0.2, 0.25) is 0 Å². The van der Waals surface area contributed by atoms with Gasteiger partial charge in [0.05, 0.1) is 0 Å². The van der Waals surface area contributed by atoms with Gasteiger partial charge in [-0.1, -0.05) is 38.3 Å². The summed E-state index contributed by atoms with van der Waals surface area (Å²) in [5, 5.41) is 3.60. The van der Waals surface area contributed by atoms with Gasteiger partial charge in [-0.15, -0.1) is 0 Å². The minimum absolute atomic E-state index is 0.170. The number of hydrogen-bond acceptors (Lipinski definition) is 2. The predicted molar refractivity (Wildman–Crippen MR) is 78.4 cm³/mol. The van der Waals surface area contributed by atoms with Crippen molar-refractivity contribution in [3.63, 3.8) is 0 Å². The fourth-order valence-electron chi connectivity index (χ4n) is 4.02. The van der Waals surface area contributed by atoms with Crippen LogP contribution in [-0.4, -0.2) is 18.7 Å². The maximum Gasteiger partial charge on any atom is 0.165 e. The van der Waals surface area contributed by atoms with Crippen LogP contribution in [0.3, 0.4) is 0 Å². The second kappa shape index (κ2) is 5.72. The molecule has 0 aromatic heterocycles. The molecule has 1 spiro atoms. The molecule has 110 valence electrons. The van der Waals surface area contributed by atoms with E-state index in [0.717, 1.165) is 13.0 Å². The molecule has 1 N–H and O–H groups in total. The molecule has 2 aliphatic carbocycles. The molecular weight excluding hydrogens is 253 g/mol. The van der Waals surface area contributed by atoms with E-state index in [-0.39, 0.29) is 17.3 Å². The second-order valence-electron chi connectivity index (χ2n) is 6.18. The van der Waals surface area contributed by atoms with Crippen LogP contribution in [0.2, 0.25) is 0 Å². The molecule has 20 heavy (non-hydrogen) atoms. The number of para-hydroxylation sites is 1. The minimum Gasteiger partial charge on any atom is -0.487 e. The van der Waals surface area contributed by atoms with Crippen LogP contribution >= 0.6 is 0 Å². The van der Waals surface area contributed by atoms with E-state index < -0.39 is 0 Å². The summed E-state index contributed by atoms with van der Waals surface area (Å²) in [4.78, 5) is 0. The van der Waals surface area contributed by atoms with Gasteiger partial charge in [-0.25, -0.2) is 4.39 Å². The summed E-state index contributed by atoms with van der Waals surface area (Å²) in [6.45, 7) is 3.15. The van der Waals surface area contributed by atoms with E-state index >= 15 is 0 Å². The van der Waals surface area contributed by atoms with Crippen LogP contribution < -0.4 is 10.1 Å². The van der Waals surface area contributed by atoms with Crippen LogP contribution in [0.25, 0.3) is 0 Å². The highest BCUT2D eigenvalue weighted by Gasteiger charge is 2.56. The Labute approximate surface area is 120 Å². The largest absolute Gasteiger partial charge is 0.487 e. The number of ether oxygens (including phenoxy) is 1. The highest BCUT2D eigenvalue weighted by atomic mass is 19.1. The molecule has 0 aliphatic heterocycles. The van der Waals surface area contributed by atoms with Gasteiger partial charge in [0.25, 0.3) is 0 Å². The van der Waals surface area contributed by atoms with Gasteiger partial charge in [0.1, 0.15) is 6.10 Å². The Morgan fingerprint density at radius 3 is 2.70 bits per heavy atom. The van der Waals surface area contributed by atoms with Gasteiger partial charge in [0, 0.05) is 17.9 Å². The molecule has 2 fully saturated rings. The molecule has 0 saturated heterocycles. The summed E-state index contributed by atoms with van der Waals surface area (Å²) < 4.78 is 19.8. The predicted octanol–water partition coefficient (Wildman–Crippen LogP) is 3.91. The molecule has 2 nitrogen and oxygen atoms in total. The lowest BCUT2D eigenvalue weighted by atomic mass is 9.55. The number of halogens is 1. The molecule has 1 aromatic carbocycles. The number of nitrogens with one attached hydrogen (secondary N) is 1. The van der Waals surface area contributed by atoms with Crippen LogP contribution in [0.1, 0.15) is 45.4 Å². The van der Waals surface area contributed by atoms with E-state index in [0.29, 0.717) is 11.8 Å². The summed E-state index contributed by atoms with van der Waals surface area (Å²) in [6, 6.07) is 7.31. The molecule has 2 saturated carbocycles. The fraction of sp³-hybridized carbons (Fsp3) is 0.647. The van der Waals surface area contributed by atoms with Crippen LogP contribution in [0.15, 0.2) is 24.3 Å². The number of hydrogen-bond donors (Lipinski definition) is 1. The third-order valence-corrected chi connectivity index (χ3v) is 5.13. The number of benzene rings is 1. The maximum absolute atomic E-state index is 13.8. The van der Waals surface area contributed by atoms with Crippen molar-refractivity contribution in [3.05, 3.63) is 30.1 Å². The molecule has 0 amide bonds. The maximum atomic E-state index is 13.8. The van der Waals surface area contributed by atoms with E-state index in [4.69, 9.17) is 4.74 Å². The van der Waals surface area contributed by atoms with Crippen molar-refractivity contribution in [1.82, 2.24) is 5.32 Å². The average molecular weight is 277 g/mol. The summed E-state index contributed by atoms with van der Waals surface area (Å²) in [7, 11) is 0.